The molecule has 5 amide bonds. The molecule has 0 radical (unpaired) electrons. The maximum absolute atomic E-state index is 13.5. The summed E-state index contributed by atoms with van der Waals surface area (Å²) < 4.78 is 5.97. The number of likely N-dealkylation sites (N-methyl/N-ethyl adjacent to an activating group) is 1. The largest absolute Gasteiger partial charge is 0.488 e. The van der Waals surface area contributed by atoms with Crippen molar-refractivity contribution < 1.29 is 44.0 Å². The second-order valence-electron chi connectivity index (χ2n) is 12.4. The van der Waals surface area contributed by atoms with Crippen LogP contribution in [0.15, 0.2) is 64.3 Å². The highest BCUT2D eigenvalue weighted by molar-refractivity contribution is 5.93. The first-order chi connectivity index (χ1) is 24.4. The highest BCUT2D eigenvalue weighted by atomic mass is 16.5. The second kappa shape index (κ2) is 15.9. The number of ether oxygens (including phenoxy) is 1. The van der Waals surface area contributed by atoms with Gasteiger partial charge in [-0.05, 0) is 32.4 Å². The number of aliphatic carboxylic acids is 1. The molecule has 280 valence electrons. The number of carboxylic acid groups (broad SMARTS) is 1. The van der Waals surface area contributed by atoms with Gasteiger partial charge >= 0.3 is 17.7 Å². The minimum absolute atomic E-state index is 0.0695. The Balaban J connectivity index is 1.46. The molecule has 3 aromatic rings. The Bertz CT molecular complexity index is 1990. The number of H-pyrrole nitrogens is 2. The van der Waals surface area contributed by atoms with Gasteiger partial charge in [-0.1, -0.05) is 18.2 Å². The van der Waals surface area contributed by atoms with Crippen LogP contribution in [0.4, 0.5) is 4.79 Å². The number of rotatable bonds is 13. The number of aliphatic hydroxyl groups excluding tert-OH is 1. The number of nitrogens with one attached hydrogen (secondary N) is 6. The quantitative estimate of drug-likeness (QED) is 0.0847. The van der Waals surface area contributed by atoms with E-state index in [-0.39, 0.29) is 12.2 Å². The van der Waals surface area contributed by atoms with Crippen LogP contribution in [0.25, 0.3) is 10.9 Å². The molecule has 0 aliphatic carbocycles. The summed E-state index contributed by atoms with van der Waals surface area (Å²) >= 11 is 0. The number of carboxylic acids is 1. The topological polar surface area (TPSA) is 303 Å². The third-order valence-electron chi connectivity index (χ3n) is 8.61. The molecule has 20 heteroatoms. The Hall–Kier alpha value is -5.99. The van der Waals surface area contributed by atoms with Crippen LogP contribution >= 0.6 is 0 Å². The lowest BCUT2D eigenvalue weighted by atomic mass is 10.1. The zero-order valence-electron chi connectivity index (χ0n) is 28.6. The Kier molecular flexibility index (Phi) is 11.9. The Morgan fingerprint density at radius 1 is 1.10 bits per heavy atom. The first kappa shape index (κ1) is 38.8. The zero-order chi connectivity index (χ0) is 38.5. The van der Waals surface area contributed by atoms with E-state index in [1.165, 1.54) is 27.8 Å². The number of aliphatic hydroxyl groups is 2. The van der Waals surface area contributed by atoms with E-state index in [1.807, 2.05) is 17.1 Å². The summed E-state index contributed by atoms with van der Waals surface area (Å²) in [4.78, 5) is 94.1. The Labute approximate surface area is 295 Å². The molecule has 1 saturated heterocycles. The van der Waals surface area contributed by atoms with Crippen molar-refractivity contribution in [2.45, 2.75) is 69.2 Å². The van der Waals surface area contributed by atoms with Gasteiger partial charge in [0.2, 0.25) is 23.4 Å². The Morgan fingerprint density at radius 2 is 1.79 bits per heavy atom. The van der Waals surface area contributed by atoms with Crippen molar-refractivity contribution >= 4 is 40.6 Å². The summed E-state index contributed by atoms with van der Waals surface area (Å²) in [5.41, 5.74) is 3.02. The van der Waals surface area contributed by atoms with Gasteiger partial charge in [0, 0.05) is 49.0 Å². The predicted molar refractivity (Wildman–Crippen MR) is 182 cm³/mol. The molecule has 7 atom stereocenters. The van der Waals surface area contributed by atoms with Gasteiger partial charge in [-0.2, -0.15) is 0 Å². The van der Waals surface area contributed by atoms with Crippen LogP contribution in [0.5, 0.6) is 0 Å². The maximum Gasteiger partial charge on any atom is 0.330 e. The van der Waals surface area contributed by atoms with Crippen LogP contribution in [0.1, 0.15) is 26.3 Å². The van der Waals surface area contributed by atoms with Crippen LogP contribution in [0, 0.1) is 0 Å². The standard InChI is InChI=1S/C32H41N9O11/c1-15(33)28(46)40(4)17(3)24(27(45)35-13-22-25(43)32(51,14-52-22)41-10-9-23(42)38-31(41)50)39-26(44)16(2)36-30(49)37-21(29(47)48)11-18-12-34-20-8-6-5-7-19(18)20/h5-10,12-13,15-17,21,24-25,34,43,51H,11,14,33H2,1-4H3,(H,35,45)(H,39,44)(H,47,48)(H2,36,37,49)(H,38,42,50)/b22-13-/t15-,16-,17+,21-,24?,25+,32+/m0/s1. The molecule has 4 rings (SSSR count). The minimum atomic E-state index is -2.36. The maximum atomic E-state index is 13.5. The van der Waals surface area contributed by atoms with Crippen LogP contribution in [0.2, 0.25) is 0 Å². The van der Waals surface area contributed by atoms with Crippen molar-refractivity contribution in [2.75, 3.05) is 13.7 Å². The van der Waals surface area contributed by atoms with Crippen molar-refractivity contribution in [1.82, 2.24) is 40.7 Å². The van der Waals surface area contributed by atoms with Gasteiger partial charge in [-0.15, -0.1) is 0 Å². The van der Waals surface area contributed by atoms with Gasteiger partial charge in [0.25, 0.3) is 5.56 Å². The smallest absolute Gasteiger partial charge is 0.330 e. The minimum Gasteiger partial charge on any atom is -0.488 e. The number of nitrogens with two attached hydrogens (primary N) is 1. The SMILES string of the molecule is C[C@H](N)C(=O)N(C)[C@H](C)C(NC(=O)[C@H](C)NC(=O)N[C@@H](Cc1c[nH]c2ccccc12)C(=O)O)C(=O)N/C=C1\OC[C@](O)(n2ccc(=O)[nH]c2=O)[C@@H]1O. The lowest BCUT2D eigenvalue weighted by Crippen LogP contribution is -2.61. The van der Waals surface area contributed by atoms with E-state index in [1.54, 1.807) is 18.3 Å². The second-order valence-corrected chi connectivity index (χ2v) is 12.4. The number of para-hydroxylation sites is 1. The fraction of sp³-hybridized carbons (Fsp3) is 0.406. The van der Waals surface area contributed by atoms with Crippen LogP contribution < -0.4 is 38.2 Å². The van der Waals surface area contributed by atoms with Crippen molar-refractivity contribution in [3.05, 3.63) is 81.1 Å². The highest BCUT2D eigenvalue weighted by Gasteiger charge is 2.48. The summed E-state index contributed by atoms with van der Waals surface area (Å²) in [6, 6.07) is 0.934. The summed E-state index contributed by atoms with van der Waals surface area (Å²) in [6.07, 6.45) is 1.50. The third-order valence-corrected chi connectivity index (χ3v) is 8.61. The molecule has 0 bridgehead atoms. The number of urea groups is 1. The highest BCUT2D eigenvalue weighted by Crippen LogP contribution is 2.30. The molecule has 11 N–H and O–H groups in total. The molecule has 1 aromatic carbocycles. The fourth-order valence-electron chi connectivity index (χ4n) is 5.46. The van der Waals surface area contributed by atoms with Gasteiger partial charge in [0.15, 0.2) is 6.10 Å². The number of hydrogen-bond donors (Lipinski definition) is 10. The van der Waals surface area contributed by atoms with Crippen LogP contribution in [0.3, 0.4) is 0 Å². The van der Waals surface area contributed by atoms with Crippen molar-refractivity contribution in [2.24, 2.45) is 5.73 Å². The average molecular weight is 728 g/mol. The number of nitrogens with zero attached hydrogens (tertiary/aromatic N) is 2. The summed E-state index contributed by atoms with van der Waals surface area (Å²) in [7, 11) is 1.35. The van der Waals surface area contributed by atoms with Gasteiger partial charge in [0.1, 0.15) is 30.5 Å². The molecule has 1 unspecified atom stereocenters. The lowest BCUT2D eigenvalue weighted by Gasteiger charge is -2.33. The van der Waals surface area contributed by atoms with E-state index >= 15 is 0 Å². The number of carbonyl (C=O) groups is 5. The molecule has 3 heterocycles. The van der Waals surface area contributed by atoms with Crippen LogP contribution in [-0.2, 0) is 36.1 Å². The van der Waals surface area contributed by atoms with Gasteiger partial charge in [-0.3, -0.25) is 28.7 Å². The van der Waals surface area contributed by atoms with E-state index in [9.17, 15) is 48.9 Å². The van der Waals surface area contributed by atoms with Crippen molar-refractivity contribution in [3.8, 4) is 0 Å². The van der Waals surface area contributed by atoms with E-state index < -0.39 is 89.6 Å². The molecule has 1 aliphatic heterocycles. The lowest BCUT2D eigenvalue weighted by molar-refractivity contribution is -0.139. The molecule has 0 saturated carbocycles. The van der Waals surface area contributed by atoms with Crippen molar-refractivity contribution in [3.63, 3.8) is 0 Å². The number of aromatic amines is 2. The number of fused-ring (bicyclic) bond motifs is 1. The van der Waals surface area contributed by atoms with E-state index in [0.717, 1.165) is 34.3 Å². The number of hydrogen-bond acceptors (Lipinski definition) is 11. The zero-order valence-corrected chi connectivity index (χ0v) is 28.6. The van der Waals surface area contributed by atoms with Gasteiger partial charge in [0.05, 0.1) is 12.1 Å². The molecule has 20 nitrogen and oxygen atoms in total. The number of amides is 5. The molecule has 52 heavy (non-hydrogen) atoms. The molecule has 2 aromatic heterocycles. The molecule has 1 aliphatic rings. The number of benzene rings is 1. The number of carbonyl (C=O) groups excluding carboxylic acids is 4. The molecule has 0 spiro atoms. The van der Waals surface area contributed by atoms with Crippen LogP contribution in [-0.4, -0.2) is 114 Å². The van der Waals surface area contributed by atoms with Gasteiger partial charge < -0.3 is 56.9 Å². The monoisotopic (exact) mass is 727 g/mol. The molecular weight excluding hydrogens is 686 g/mol. The average Bonchev–Trinajstić information content (AvgIpc) is 3.63. The normalized spacial score (nSPS) is 20.5. The Morgan fingerprint density at radius 3 is 2.44 bits per heavy atom. The predicted octanol–water partition coefficient (Wildman–Crippen LogP) is -2.93. The summed E-state index contributed by atoms with van der Waals surface area (Å²) in [5, 5.41) is 41.8. The number of aromatic nitrogens is 3. The van der Waals surface area contributed by atoms with Crippen molar-refractivity contribution in [1.29, 1.82) is 0 Å². The summed E-state index contributed by atoms with van der Waals surface area (Å²) in [6.45, 7) is 3.49. The first-order valence-corrected chi connectivity index (χ1v) is 16.0. The fourth-order valence-corrected chi connectivity index (χ4v) is 5.46. The molecular formula is C32H41N9O11. The van der Waals surface area contributed by atoms with Gasteiger partial charge in [-0.25, -0.2) is 14.4 Å². The van der Waals surface area contributed by atoms with E-state index in [4.69, 9.17) is 10.5 Å². The first-order valence-electron chi connectivity index (χ1n) is 16.0. The third kappa shape index (κ3) is 8.48. The van der Waals surface area contributed by atoms with E-state index in [0.29, 0.717) is 10.1 Å². The molecule has 1 fully saturated rings. The van der Waals surface area contributed by atoms with E-state index in [2.05, 4.69) is 26.3 Å². The summed E-state index contributed by atoms with van der Waals surface area (Å²) in [5.74, 6) is -4.13.